The van der Waals surface area contributed by atoms with Crippen LogP contribution in [0.1, 0.15) is 58.3 Å². The monoisotopic (exact) mass is 521 g/mol. The van der Waals surface area contributed by atoms with E-state index in [1.54, 1.807) is 7.05 Å². The molecule has 1 saturated heterocycles. The van der Waals surface area contributed by atoms with Crippen LogP contribution in [0.25, 0.3) is 0 Å². The van der Waals surface area contributed by atoms with Gasteiger partial charge in [0.05, 0.1) is 12.6 Å². The highest BCUT2D eigenvalue weighted by molar-refractivity contribution is 14.0. The summed E-state index contributed by atoms with van der Waals surface area (Å²) in [6.07, 6.45) is 10.1. The van der Waals surface area contributed by atoms with E-state index in [9.17, 15) is 4.79 Å². The molecule has 1 amide bonds. The van der Waals surface area contributed by atoms with Crippen molar-refractivity contribution in [1.29, 1.82) is 0 Å². The third kappa shape index (κ3) is 5.97. The smallest absolute Gasteiger partial charge is 0.233 e. The van der Waals surface area contributed by atoms with Crippen LogP contribution in [0.3, 0.4) is 0 Å². The third-order valence-electron chi connectivity index (χ3n) is 7.05. The molecule has 7 nitrogen and oxygen atoms in total. The minimum absolute atomic E-state index is 0. The van der Waals surface area contributed by atoms with Crippen molar-refractivity contribution in [2.45, 2.75) is 76.5 Å². The lowest BCUT2D eigenvalue weighted by atomic mass is 9.55. The Bertz CT molecular complexity index is 545. The number of likely N-dealkylation sites (N-methyl/N-ethyl adjacent to an activating group) is 1. The first-order valence-electron chi connectivity index (χ1n) is 11.2. The summed E-state index contributed by atoms with van der Waals surface area (Å²) in [7, 11) is 3.56. The van der Waals surface area contributed by atoms with Gasteiger partial charge in [-0.2, -0.15) is 0 Å². The van der Waals surface area contributed by atoms with Gasteiger partial charge in [-0.1, -0.05) is 19.3 Å². The molecule has 2 saturated carbocycles. The van der Waals surface area contributed by atoms with Crippen LogP contribution in [0.5, 0.6) is 0 Å². The summed E-state index contributed by atoms with van der Waals surface area (Å²) in [4.78, 5) is 18.3. The molecule has 0 radical (unpaired) electrons. The standard InChI is InChI=1S/C21H39N5O2.HI/c1-4-28-18-14-17(21(18)10-6-5-7-11-21)25-20(23-3)24-16-8-12-26(13-9-16)15-19(27)22-2;/h16-18H,4-15H2,1-3H3,(H,22,27)(H2,23,24,25);1H. The van der Waals surface area contributed by atoms with Crippen LogP contribution in [0.4, 0.5) is 0 Å². The number of piperidine rings is 1. The predicted octanol–water partition coefficient (Wildman–Crippen LogP) is 2.11. The average Bonchev–Trinajstić information content (AvgIpc) is 2.74. The van der Waals surface area contributed by atoms with Crippen LogP contribution in [-0.4, -0.2) is 75.3 Å². The van der Waals surface area contributed by atoms with Gasteiger partial charge in [0.2, 0.25) is 5.91 Å². The number of aliphatic imine (C=N–C) groups is 1. The van der Waals surface area contributed by atoms with E-state index in [4.69, 9.17) is 4.74 Å². The summed E-state index contributed by atoms with van der Waals surface area (Å²) in [6, 6.07) is 0.876. The van der Waals surface area contributed by atoms with Gasteiger partial charge in [0.15, 0.2) is 5.96 Å². The lowest BCUT2D eigenvalue weighted by Crippen LogP contribution is -2.67. The van der Waals surface area contributed by atoms with E-state index < -0.39 is 0 Å². The summed E-state index contributed by atoms with van der Waals surface area (Å²) in [6.45, 7) is 5.30. The van der Waals surface area contributed by atoms with Crippen molar-refractivity contribution in [2.24, 2.45) is 10.4 Å². The number of halogens is 1. The molecule has 3 N–H and O–H groups in total. The first kappa shape index (κ1) is 24.7. The number of carbonyl (C=O) groups is 1. The molecule has 0 aromatic carbocycles. The molecule has 2 unspecified atom stereocenters. The van der Waals surface area contributed by atoms with Crippen LogP contribution in [-0.2, 0) is 9.53 Å². The largest absolute Gasteiger partial charge is 0.378 e. The number of ether oxygens (including phenoxy) is 1. The molecule has 8 heteroatoms. The second-order valence-corrected chi connectivity index (χ2v) is 8.61. The van der Waals surface area contributed by atoms with E-state index in [-0.39, 0.29) is 29.9 Å². The molecule has 0 aromatic rings. The van der Waals surface area contributed by atoms with Gasteiger partial charge in [-0.05, 0) is 39.0 Å². The molecule has 29 heavy (non-hydrogen) atoms. The quantitative estimate of drug-likeness (QED) is 0.284. The van der Waals surface area contributed by atoms with E-state index >= 15 is 0 Å². The molecule has 3 rings (SSSR count). The zero-order valence-electron chi connectivity index (χ0n) is 18.3. The van der Waals surface area contributed by atoms with Gasteiger partial charge in [-0.3, -0.25) is 14.7 Å². The van der Waals surface area contributed by atoms with E-state index in [1.807, 2.05) is 7.05 Å². The minimum Gasteiger partial charge on any atom is -0.378 e. The SMILES string of the molecule is CCOC1CC(NC(=NC)NC2CCN(CC(=O)NC)CC2)C12CCCCC2.I. The third-order valence-corrected chi connectivity index (χ3v) is 7.05. The van der Waals surface area contributed by atoms with E-state index in [2.05, 4.69) is 32.8 Å². The number of nitrogens with one attached hydrogen (secondary N) is 3. The van der Waals surface area contributed by atoms with Crippen LogP contribution in [0.2, 0.25) is 0 Å². The summed E-state index contributed by atoms with van der Waals surface area (Å²) in [5, 5.41) is 10.1. The molecule has 2 aliphatic carbocycles. The van der Waals surface area contributed by atoms with Gasteiger partial charge < -0.3 is 20.7 Å². The Morgan fingerprint density at radius 2 is 1.86 bits per heavy atom. The zero-order chi connectivity index (χ0) is 20.0. The zero-order valence-corrected chi connectivity index (χ0v) is 20.7. The van der Waals surface area contributed by atoms with E-state index in [0.717, 1.165) is 44.9 Å². The van der Waals surface area contributed by atoms with Crippen molar-refractivity contribution in [3.63, 3.8) is 0 Å². The first-order valence-corrected chi connectivity index (χ1v) is 11.2. The van der Waals surface area contributed by atoms with Crippen LogP contribution >= 0.6 is 24.0 Å². The normalized spacial score (nSPS) is 27.6. The highest BCUT2D eigenvalue weighted by atomic mass is 127. The minimum atomic E-state index is 0. The lowest BCUT2D eigenvalue weighted by Gasteiger charge is -2.58. The van der Waals surface area contributed by atoms with Crippen LogP contribution in [0.15, 0.2) is 4.99 Å². The van der Waals surface area contributed by atoms with Gasteiger partial charge >= 0.3 is 0 Å². The van der Waals surface area contributed by atoms with E-state index in [0.29, 0.717) is 30.1 Å². The summed E-state index contributed by atoms with van der Waals surface area (Å²) < 4.78 is 6.08. The molecular formula is C21H40IN5O2. The fourth-order valence-electron chi connectivity index (χ4n) is 5.31. The van der Waals surface area contributed by atoms with Gasteiger partial charge in [0.1, 0.15) is 0 Å². The summed E-state index contributed by atoms with van der Waals surface area (Å²) in [5.74, 6) is 1.02. The van der Waals surface area contributed by atoms with Gasteiger partial charge in [0.25, 0.3) is 0 Å². The second kappa shape index (κ2) is 11.7. The Hall–Kier alpha value is -0.610. The van der Waals surface area contributed by atoms with Crippen molar-refractivity contribution in [1.82, 2.24) is 20.9 Å². The Labute approximate surface area is 193 Å². The van der Waals surface area contributed by atoms with Gasteiger partial charge in [-0.15, -0.1) is 24.0 Å². The van der Waals surface area contributed by atoms with Gasteiger partial charge in [0, 0.05) is 51.3 Å². The fraction of sp³-hybridized carbons (Fsp3) is 0.905. The Balaban J connectivity index is 0.00000300. The number of hydrogen-bond donors (Lipinski definition) is 3. The van der Waals surface area contributed by atoms with Crippen molar-refractivity contribution >= 4 is 35.8 Å². The highest BCUT2D eigenvalue weighted by Crippen LogP contribution is 2.53. The molecule has 0 aromatic heterocycles. The Morgan fingerprint density at radius 3 is 2.45 bits per heavy atom. The number of guanidine groups is 1. The maximum absolute atomic E-state index is 11.6. The second-order valence-electron chi connectivity index (χ2n) is 8.61. The number of hydrogen-bond acceptors (Lipinski definition) is 4. The topological polar surface area (TPSA) is 78.0 Å². The van der Waals surface area contributed by atoms with Crippen LogP contribution < -0.4 is 16.0 Å². The molecule has 1 spiro atoms. The maximum Gasteiger partial charge on any atom is 0.233 e. The molecule has 1 aliphatic heterocycles. The van der Waals surface area contributed by atoms with Crippen molar-refractivity contribution in [2.75, 3.05) is 40.3 Å². The predicted molar refractivity (Wildman–Crippen MR) is 128 cm³/mol. The number of nitrogens with zero attached hydrogens (tertiary/aromatic N) is 2. The van der Waals surface area contributed by atoms with Crippen molar-refractivity contribution in [3.05, 3.63) is 0 Å². The number of amides is 1. The summed E-state index contributed by atoms with van der Waals surface area (Å²) >= 11 is 0. The Kier molecular flexibility index (Phi) is 9.94. The average molecular weight is 521 g/mol. The molecule has 168 valence electrons. The number of carbonyl (C=O) groups excluding carboxylic acids is 1. The molecule has 3 fully saturated rings. The van der Waals surface area contributed by atoms with E-state index in [1.165, 1.54) is 32.1 Å². The van der Waals surface area contributed by atoms with Crippen LogP contribution in [0, 0.1) is 5.41 Å². The Morgan fingerprint density at radius 1 is 1.17 bits per heavy atom. The first-order chi connectivity index (χ1) is 13.6. The number of likely N-dealkylation sites (tertiary alicyclic amines) is 1. The fourth-order valence-corrected chi connectivity index (χ4v) is 5.31. The maximum atomic E-state index is 11.6. The highest BCUT2D eigenvalue weighted by Gasteiger charge is 2.55. The van der Waals surface area contributed by atoms with Crippen molar-refractivity contribution < 1.29 is 9.53 Å². The van der Waals surface area contributed by atoms with Crippen molar-refractivity contribution in [3.8, 4) is 0 Å². The molecule has 1 heterocycles. The lowest BCUT2D eigenvalue weighted by molar-refractivity contribution is -0.145. The molecule has 2 atom stereocenters. The molecule has 0 bridgehead atoms. The molecule has 3 aliphatic rings. The molecular weight excluding hydrogens is 481 g/mol. The van der Waals surface area contributed by atoms with Gasteiger partial charge in [-0.25, -0.2) is 0 Å². The number of rotatable bonds is 6. The summed E-state index contributed by atoms with van der Waals surface area (Å²) in [5.41, 5.74) is 0.294.